The van der Waals surface area contributed by atoms with Crippen LogP contribution >= 0.6 is 0 Å². The Morgan fingerprint density at radius 1 is 1.08 bits per heavy atom. The maximum Gasteiger partial charge on any atom is 0.264 e. The minimum atomic E-state index is -3.89. The fourth-order valence-electron chi connectivity index (χ4n) is 3.09. The summed E-state index contributed by atoms with van der Waals surface area (Å²) in [5, 5.41) is 1.16. The van der Waals surface area contributed by atoms with Crippen LogP contribution in [-0.4, -0.2) is 30.8 Å². The molecule has 0 saturated heterocycles. The second-order valence-electron chi connectivity index (χ2n) is 5.54. The second-order valence-corrected chi connectivity index (χ2v) is 7.19. The van der Waals surface area contributed by atoms with E-state index in [-0.39, 0.29) is 16.8 Å². The van der Waals surface area contributed by atoms with Crippen LogP contribution in [0.1, 0.15) is 17.3 Å². The standard InChI is InChI=1S/C17H14N4O3S/c1-2-21-13-7-8-14(11-5-3-6-12(15(11)13)16(21)22)25(23,24)20-17-18-9-4-10-19-17/h3-10H,2H2,1H3,(H,18,19,20). The van der Waals surface area contributed by atoms with Crippen LogP contribution in [0.3, 0.4) is 0 Å². The Kier molecular flexibility index (Phi) is 3.43. The van der Waals surface area contributed by atoms with E-state index >= 15 is 0 Å². The van der Waals surface area contributed by atoms with Gasteiger partial charge in [0.1, 0.15) is 0 Å². The Hall–Kier alpha value is -3.00. The number of hydrogen-bond donors (Lipinski definition) is 1. The molecule has 25 heavy (non-hydrogen) atoms. The predicted octanol–water partition coefficient (Wildman–Crippen LogP) is 2.41. The first-order chi connectivity index (χ1) is 12.0. The molecule has 0 radical (unpaired) electrons. The molecule has 7 nitrogen and oxygen atoms in total. The van der Waals surface area contributed by atoms with E-state index in [1.54, 1.807) is 35.2 Å². The van der Waals surface area contributed by atoms with E-state index in [0.29, 0.717) is 22.9 Å². The van der Waals surface area contributed by atoms with E-state index in [1.165, 1.54) is 18.5 Å². The first kappa shape index (κ1) is 15.5. The minimum Gasteiger partial charge on any atom is -0.308 e. The first-order valence-electron chi connectivity index (χ1n) is 7.70. The van der Waals surface area contributed by atoms with Crippen molar-refractivity contribution in [3.8, 4) is 0 Å². The van der Waals surface area contributed by atoms with Crippen LogP contribution in [0.15, 0.2) is 53.7 Å². The van der Waals surface area contributed by atoms with Crippen molar-refractivity contribution in [2.75, 3.05) is 16.2 Å². The number of carbonyl (C=O) groups is 1. The zero-order chi connectivity index (χ0) is 17.6. The van der Waals surface area contributed by atoms with Crippen LogP contribution in [0, 0.1) is 0 Å². The van der Waals surface area contributed by atoms with Gasteiger partial charge in [-0.05, 0) is 31.2 Å². The smallest absolute Gasteiger partial charge is 0.264 e. The van der Waals surface area contributed by atoms with Gasteiger partial charge < -0.3 is 4.90 Å². The molecule has 0 unspecified atom stereocenters. The molecular weight excluding hydrogens is 340 g/mol. The largest absolute Gasteiger partial charge is 0.308 e. The minimum absolute atomic E-state index is 0.00276. The lowest BCUT2D eigenvalue weighted by atomic mass is 10.1. The molecule has 2 heterocycles. The van der Waals surface area contributed by atoms with Gasteiger partial charge in [0, 0.05) is 35.3 Å². The van der Waals surface area contributed by atoms with Gasteiger partial charge >= 0.3 is 0 Å². The summed E-state index contributed by atoms with van der Waals surface area (Å²) in [6.07, 6.45) is 2.91. The van der Waals surface area contributed by atoms with Gasteiger partial charge in [-0.3, -0.25) is 4.79 Å². The molecule has 0 aliphatic carbocycles. The van der Waals surface area contributed by atoms with Crippen LogP contribution in [0.5, 0.6) is 0 Å². The van der Waals surface area contributed by atoms with E-state index in [1.807, 2.05) is 6.92 Å². The molecule has 0 atom stereocenters. The van der Waals surface area contributed by atoms with Crippen molar-refractivity contribution in [1.29, 1.82) is 0 Å². The zero-order valence-corrected chi connectivity index (χ0v) is 14.1. The number of hydrogen-bond acceptors (Lipinski definition) is 5. The molecule has 3 aromatic rings. The van der Waals surface area contributed by atoms with Crippen LogP contribution in [0.2, 0.25) is 0 Å². The second kappa shape index (κ2) is 5.52. The van der Waals surface area contributed by atoms with Gasteiger partial charge in [0.2, 0.25) is 5.95 Å². The van der Waals surface area contributed by atoms with Gasteiger partial charge in [0.25, 0.3) is 15.9 Å². The van der Waals surface area contributed by atoms with E-state index < -0.39 is 10.0 Å². The summed E-state index contributed by atoms with van der Waals surface area (Å²) in [5.74, 6) is -0.117. The Bertz CT molecular complexity index is 1100. The molecule has 0 bridgehead atoms. The third-order valence-electron chi connectivity index (χ3n) is 4.14. The van der Waals surface area contributed by atoms with Gasteiger partial charge in [-0.2, -0.15) is 0 Å². The van der Waals surface area contributed by atoms with Crippen molar-refractivity contribution in [3.63, 3.8) is 0 Å². The highest BCUT2D eigenvalue weighted by atomic mass is 32.2. The van der Waals surface area contributed by atoms with Gasteiger partial charge in [-0.15, -0.1) is 0 Å². The van der Waals surface area contributed by atoms with E-state index in [0.717, 1.165) is 5.69 Å². The number of anilines is 2. The maximum atomic E-state index is 12.8. The van der Waals surface area contributed by atoms with E-state index in [2.05, 4.69) is 14.7 Å². The molecule has 1 N–H and O–H groups in total. The number of aromatic nitrogens is 2. The summed E-state index contributed by atoms with van der Waals surface area (Å²) >= 11 is 0. The molecule has 0 fully saturated rings. The molecule has 4 rings (SSSR count). The zero-order valence-electron chi connectivity index (χ0n) is 13.3. The van der Waals surface area contributed by atoms with Gasteiger partial charge in [-0.25, -0.2) is 23.1 Å². The molecular formula is C17H14N4O3S. The summed E-state index contributed by atoms with van der Waals surface area (Å²) in [5.41, 5.74) is 1.25. The first-order valence-corrected chi connectivity index (χ1v) is 9.18. The molecule has 1 aromatic heterocycles. The average Bonchev–Trinajstić information content (AvgIpc) is 2.89. The number of nitrogens with one attached hydrogen (secondary N) is 1. The van der Waals surface area contributed by atoms with Crippen molar-refractivity contribution in [3.05, 3.63) is 54.4 Å². The third kappa shape index (κ3) is 2.33. The van der Waals surface area contributed by atoms with Crippen molar-refractivity contribution < 1.29 is 13.2 Å². The summed E-state index contributed by atoms with van der Waals surface area (Å²) in [7, 11) is -3.89. The number of amides is 1. The Labute approximate surface area is 144 Å². The van der Waals surface area contributed by atoms with Gasteiger partial charge in [0.05, 0.1) is 10.6 Å². The molecule has 0 saturated carbocycles. The van der Waals surface area contributed by atoms with E-state index in [4.69, 9.17) is 0 Å². The van der Waals surface area contributed by atoms with Crippen LogP contribution in [-0.2, 0) is 10.0 Å². The quantitative estimate of drug-likeness (QED) is 0.777. The summed E-state index contributed by atoms with van der Waals surface area (Å²) in [6, 6.07) is 9.88. The molecule has 1 amide bonds. The Morgan fingerprint density at radius 3 is 2.56 bits per heavy atom. The Morgan fingerprint density at radius 2 is 1.84 bits per heavy atom. The van der Waals surface area contributed by atoms with Crippen molar-refractivity contribution in [1.82, 2.24) is 9.97 Å². The molecule has 1 aliphatic heterocycles. The van der Waals surface area contributed by atoms with Gasteiger partial charge in [0.15, 0.2) is 0 Å². The van der Waals surface area contributed by atoms with Crippen LogP contribution < -0.4 is 9.62 Å². The van der Waals surface area contributed by atoms with Crippen molar-refractivity contribution in [2.24, 2.45) is 0 Å². The molecule has 2 aromatic carbocycles. The van der Waals surface area contributed by atoms with E-state index in [9.17, 15) is 13.2 Å². The third-order valence-corrected chi connectivity index (χ3v) is 5.53. The predicted molar refractivity (Wildman–Crippen MR) is 94.1 cm³/mol. The molecule has 1 aliphatic rings. The summed E-state index contributed by atoms with van der Waals surface area (Å²) < 4.78 is 28.0. The highest BCUT2D eigenvalue weighted by molar-refractivity contribution is 7.93. The van der Waals surface area contributed by atoms with Crippen molar-refractivity contribution >= 4 is 38.3 Å². The lowest BCUT2D eigenvalue weighted by Gasteiger charge is -2.15. The number of sulfonamides is 1. The highest BCUT2D eigenvalue weighted by Crippen LogP contribution is 2.40. The number of nitrogens with zero attached hydrogens (tertiary/aromatic N) is 3. The maximum absolute atomic E-state index is 12.8. The summed E-state index contributed by atoms with van der Waals surface area (Å²) in [6.45, 7) is 2.40. The topological polar surface area (TPSA) is 92.3 Å². The average molecular weight is 354 g/mol. The molecule has 0 spiro atoms. The van der Waals surface area contributed by atoms with Gasteiger partial charge in [-0.1, -0.05) is 12.1 Å². The monoisotopic (exact) mass is 354 g/mol. The normalized spacial score (nSPS) is 13.5. The number of carbonyl (C=O) groups excluding carboxylic acids is 1. The highest BCUT2D eigenvalue weighted by Gasteiger charge is 2.31. The van der Waals surface area contributed by atoms with Crippen molar-refractivity contribution in [2.45, 2.75) is 11.8 Å². The Balaban J connectivity index is 1.91. The fraction of sp³-hybridized carbons (Fsp3) is 0.118. The van der Waals surface area contributed by atoms with Crippen LogP contribution in [0.25, 0.3) is 10.8 Å². The lowest BCUT2D eigenvalue weighted by molar-refractivity contribution is 0.0994. The lowest BCUT2D eigenvalue weighted by Crippen LogP contribution is -2.25. The van der Waals surface area contributed by atoms with Crippen LogP contribution in [0.4, 0.5) is 11.6 Å². The number of benzene rings is 2. The molecule has 8 heteroatoms. The summed E-state index contributed by atoms with van der Waals surface area (Å²) in [4.78, 5) is 22.0. The SMILES string of the molecule is CCN1C(=O)c2cccc3c(S(=O)(=O)Nc4ncccn4)ccc1c23. The molecule has 126 valence electrons. The fourth-order valence-corrected chi connectivity index (χ4v) is 4.26. The number of rotatable bonds is 4.